The smallest absolute Gasteiger partial charge is 0.0986 e. The molecule has 2 unspecified atom stereocenters. The van der Waals surface area contributed by atoms with Crippen LogP contribution in [0, 0.1) is 0 Å². The Kier molecular flexibility index (Phi) is 6.39. The molecule has 0 bridgehead atoms. The van der Waals surface area contributed by atoms with Gasteiger partial charge in [-0.05, 0) is 63.9 Å². The third-order valence-electron chi connectivity index (χ3n) is 5.80. The van der Waals surface area contributed by atoms with E-state index in [0.717, 1.165) is 37.7 Å². The maximum absolute atomic E-state index is 6.25. The normalized spacial score (nSPS) is 26.7. The first-order valence-corrected chi connectivity index (χ1v) is 9.75. The number of halogens is 1. The highest BCUT2D eigenvalue weighted by molar-refractivity contribution is 6.30. The zero-order chi connectivity index (χ0) is 17.9. The lowest BCUT2D eigenvalue weighted by molar-refractivity contribution is -0.165. The molecular weight excluding hydrogens is 336 g/mol. The van der Waals surface area contributed by atoms with Crippen molar-refractivity contribution in [3.05, 3.63) is 34.9 Å². The second-order valence-corrected chi connectivity index (χ2v) is 8.23. The summed E-state index contributed by atoms with van der Waals surface area (Å²) in [5, 5.41) is 4.27. The Morgan fingerprint density at radius 1 is 1.24 bits per heavy atom. The van der Waals surface area contributed by atoms with Crippen LogP contribution in [0.15, 0.2) is 24.3 Å². The zero-order valence-electron chi connectivity index (χ0n) is 15.6. The number of piperidine rings is 1. The van der Waals surface area contributed by atoms with Gasteiger partial charge in [-0.15, -0.1) is 0 Å². The van der Waals surface area contributed by atoms with E-state index in [9.17, 15) is 0 Å². The molecule has 0 radical (unpaired) electrons. The van der Waals surface area contributed by atoms with Crippen LogP contribution in [0.25, 0.3) is 0 Å². The lowest BCUT2D eigenvalue weighted by Crippen LogP contribution is -2.61. The third kappa shape index (κ3) is 4.75. The van der Waals surface area contributed by atoms with Gasteiger partial charge in [-0.25, -0.2) is 0 Å². The molecule has 2 atom stereocenters. The molecule has 140 valence electrons. The molecule has 3 rings (SSSR count). The fourth-order valence-corrected chi connectivity index (χ4v) is 4.05. The molecule has 0 amide bonds. The largest absolute Gasteiger partial charge is 0.376 e. The number of benzene rings is 1. The first-order valence-electron chi connectivity index (χ1n) is 9.37. The molecule has 2 heterocycles. The Balaban J connectivity index is 1.74. The van der Waals surface area contributed by atoms with E-state index in [1.165, 1.54) is 18.4 Å². The van der Waals surface area contributed by atoms with Gasteiger partial charge in [0.1, 0.15) is 0 Å². The number of hydrogen-bond donors (Lipinski definition) is 1. The molecule has 1 N–H and O–H groups in total. The van der Waals surface area contributed by atoms with E-state index >= 15 is 0 Å². The fraction of sp³-hybridized carbons (Fsp3) is 0.700. The van der Waals surface area contributed by atoms with Crippen molar-refractivity contribution in [3.63, 3.8) is 0 Å². The molecule has 2 aliphatic rings. The second kappa shape index (κ2) is 8.36. The molecule has 2 saturated heterocycles. The lowest BCUT2D eigenvalue weighted by atomic mass is 9.93. The summed E-state index contributed by atoms with van der Waals surface area (Å²) >= 11 is 6.03. The van der Waals surface area contributed by atoms with E-state index in [-0.39, 0.29) is 11.7 Å². The fourth-order valence-electron chi connectivity index (χ4n) is 3.92. The zero-order valence-corrected chi connectivity index (χ0v) is 16.4. The topological polar surface area (TPSA) is 33.7 Å². The molecule has 0 aromatic heterocycles. The lowest BCUT2D eigenvalue weighted by Gasteiger charge is -2.48. The average Bonchev–Trinajstić information content (AvgIpc) is 2.64. The number of rotatable bonds is 5. The third-order valence-corrected chi connectivity index (χ3v) is 6.05. The van der Waals surface area contributed by atoms with Gasteiger partial charge in [-0.3, -0.25) is 4.90 Å². The molecular formula is C20H31ClN2O2. The number of nitrogens with one attached hydrogen (secondary N) is 1. The Bertz CT molecular complexity index is 543. The highest BCUT2D eigenvalue weighted by Gasteiger charge is 2.40. The molecule has 1 aromatic rings. The maximum Gasteiger partial charge on any atom is 0.0986 e. The van der Waals surface area contributed by atoms with Gasteiger partial charge in [0.15, 0.2) is 0 Å². The number of ether oxygens (including phenoxy) is 2. The Labute approximate surface area is 156 Å². The molecule has 4 nitrogen and oxygen atoms in total. The molecule has 2 fully saturated rings. The van der Waals surface area contributed by atoms with Crippen molar-refractivity contribution < 1.29 is 9.47 Å². The summed E-state index contributed by atoms with van der Waals surface area (Å²) in [5.41, 5.74) is 1.05. The van der Waals surface area contributed by atoms with Gasteiger partial charge in [0, 0.05) is 30.8 Å². The van der Waals surface area contributed by atoms with Gasteiger partial charge in [0.25, 0.3) is 0 Å². The Hall–Kier alpha value is -0.650. The minimum absolute atomic E-state index is 0.105. The predicted octanol–water partition coefficient (Wildman–Crippen LogP) is 3.13. The quantitative estimate of drug-likeness (QED) is 0.868. The van der Waals surface area contributed by atoms with Crippen LogP contribution in [0.3, 0.4) is 0 Å². The minimum Gasteiger partial charge on any atom is -0.376 e. The minimum atomic E-state index is -0.267. The van der Waals surface area contributed by atoms with E-state index in [0.29, 0.717) is 12.1 Å². The van der Waals surface area contributed by atoms with Crippen LogP contribution < -0.4 is 5.32 Å². The van der Waals surface area contributed by atoms with Crippen LogP contribution in [0.4, 0.5) is 0 Å². The first kappa shape index (κ1) is 19.1. The van der Waals surface area contributed by atoms with E-state index in [4.69, 9.17) is 21.1 Å². The molecule has 2 aliphatic heterocycles. The number of morpholine rings is 1. The van der Waals surface area contributed by atoms with Gasteiger partial charge in [0.05, 0.1) is 18.3 Å². The van der Waals surface area contributed by atoms with E-state index in [1.54, 1.807) is 7.11 Å². The summed E-state index contributed by atoms with van der Waals surface area (Å²) in [7, 11) is 1.78. The maximum atomic E-state index is 6.25. The van der Waals surface area contributed by atoms with Crippen molar-refractivity contribution in [1.82, 2.24) is 10.2 Å². The summed E-state index contributed by atoms with van der Waals surface area (Å²) in [5.74, 6) is 0. The van der Waals surface area contributed by atoms with Gasteiger partial charge in [0.2, 0.25) is 0 Å². The Morgan fingerprint density at radius 2 is 1.92 bits per heavy atom. The summed E-state index contributed by atoms with van der Waals surface area (Å²) < 4.78 is 12.0. The van der Waals surface area contributed by atoms with E-state index < -0.39 is 0 Å². The highest BCUT2D eigenvalue weighted by atomic mass is 35.5. The van der Waals surface area contributed by atoms with Crippen LogP contribution in [0.5, 0.6) is 0 Å². The second-order valence-electron chi connectivity index (χ2n) is 7.79. The van der Waals surface area contributed by atoms with Crippen LogP contribution in [0.2, 0.25) is 5.02 Å². The van der Waals surface area contributed by atoms with E-state index in [1.807, 2.05) is 12.1 Å². The summed E-state index contributed by atoms with van der Waals surface area (Å²) in [6.07, 6.45) is 3.52. The predicted molar refractivity (Wildman–Crippen MR) is 102 cm³/mol. The average molecular weight is 367 g/mol. The van der Waals surface area contributed by atoms with Crippen molar-refractivity contribution in [2.24, 2.45) is 0 Å². The van der Waals surface area contributed by atoms with Gasteiger partial charge in [-0.1, -0.05) is 23.7 Å². The highest BCUT2D eigenvalue weighted by Crippen LogP contribution is 2.28. The number of hydrogen-bond acceptors (Lipinski definition) is 4. The molecule has 25 heavy (non-hydrogen) atoms. The van der Waals surface area contributed by atoms with E-state index in [2.05, 4.69) is 36.2 Å². The standard InChI is InChI=1S/C20H31ClN2O2/c1-20(2,24-3)19-13-23(17-8-10-22-11-9-17)18(14-25-19)12-15-4-6-16(21)7-5-15/h4-7,17-19,22H,8-14H2,1-3H3. The molecule has 0 saturated carbocycles. The van der Waals surface area contributed by atoms with Crippen LogP contribution in [-0.2, 0) is 15.9 Å². The molecule has 0 spiro atoms. The number of methoxy groups -OCH3 is 1. The monoisotopic (exact) mass is 366 g/mol. The summed E-state index contributed by atoms with van der Waals surface area (Å²) in [4.78, 5) is 2.68. The van der Waals surface area contributed by atoms with Crippen LogP contribution >= 0.6 is 11.6 Å². The summed E-state index contributed by atoms with van der Waals surface area (Å²) in [6.45, 7) is 8.14. The van der Waals surface area contributed by atoms with Crippen LogP contribution in [0.1, 0.15) is 32.3 Å². The van der Waals surface area contributed by atoms with Gasteiger partial charge >= 0.3 is 0 Å². The van der Waals surface area contributed by atoms with Crippen molar-refractivity contribution in [2.45, 2.75) is 56.9 Å². The molecule has 0 aliphatic carbocycles. The van der Waals surface area contributed by atoms with Gasteiger partial charge < -0.3 is 14.8 Å². The molecule has 1 aromatic carbocycles. The van der Waals surface area contributed by atoms with Crippen molar-refractivity contribution in [2.75, 3.05) is 33.4 Å². The van der Waals surface area contributed by atoms with Gasteiger partial charge in [-0.2, -0.15) is 0 Å². The summed E-state index contributed by atoms with van der Waals surface area (Å²) in [6, 6.07) is 9.26. The van der Waals surface area contributed by atoms with Crippen LogP contribution in [-0.4, -0.2) is 62.0 Å². The van der Waals surface area contributed by atoms with Crippen molar-refractivity contribution >= 4 is 11.6 Å². The van der Waals surface area contributed by atoms with Crippen molar-refractivity contribution in [3.8, 4) is 0 Å². The van der Waals surface area contributed by atoms with Crippen molar-refractivity contribution in [1.29, 1.82) is 0 Å². The number of nitrogens with zero attached hydrogens (tertiary/aromatic N) is 1. The molecule has 5 heteroatoms. The first-order chi connectivity index (χ1) is 12.0. The Morgan fingerprint density at radius 3 is 2.56 bits per heavy atom. The SMILES string of the molecule is COC(C)(C)C1CN(C2CCNCC2)C(Cc2ccc(Cl)cc2)CO1.